The van der Waals surface area contributed by atoms with Gasteiger partial charge in [-0.1, -0.05) is 18.2 Å². The molecule has 2 aliphatic heterocycles. The number of rotatable bonds is 5. The van der Waals surface area contributed by atoms with Gasteiger partial charge in [0, 0.05) is 18.7 Å². The number of hydrogen-bond donors (Lipinski definition) is 1. The minimum absolute atomic E-state index is 0.215. The van der Waals surface area contributed by atoms with Gasteiger partial charge in [0.1, 0.15) is 17.7 Å². The normalized spacial score (nSPS) is 20.1. The van der Waals surface area contributed by atoms with E-state index in [4.69, 9.17) is 9.47 Å². The van der Waals surface area contributed by atoms with Gasteiger partial charge in [-0.2, -0.15) is 0 Å². The molecule has 2 aliphatic rings. The zero-order valence-electron chi connectivity index (χ0n) is 19.8. The van der Waals surface area contributed by atoms with Crippen LogP contribution >= 0.6 is 0 Å². The van der Waals surface area contributed by atoms with Crippen molar-refractivity contribution in [3.05, 3.63) is 29.8 Å². The highest BCUT2D eigenvalue weighted by molar-refractivity contribution is 6.04. The van der Waals surface area contributed by atoms with E-state index in [0.717, 1.165) is 18.4 Å². The first-order chi connectivity index (χ1) is 15.6. The second-order valence-corrected chi connectivity index (χ2v) is 9.27. The third-order valence-electron chi connectivity index (χ3n) is 5.65. The summed E-state index contributed by atoms with van der Waals surface area (Å²) in [6, 6.07) is 5.83. The number of anilines is 1. The Hall–Kier alpha value is -3.10. The fraction of sp³-hybridized carbons (Fsp3) is 0.583. The molecule has 0 unspecified atom stereocenters. The Kier molecular flexibility index (Phi) is 7.61. The van der Waals surface area contributed by atoms with Crippen molar-refractivity contribution in [2.75, 3.05) is 24.6 Å². The van der Waals surface area contributed by atoms with Crippen LogP contribution in [0, 0.1) is 0 Å². The van der Waals surface area contributed by atoms with Gasteiger partial charge < -0.3 is 14.8 Å². The summed E-state index contributed by atoms with van der Waals surface area (Å²) in [5.74, 6) is -1.29. The Morgan fingerprint density at radius 1 is 1.09 bits per heavy atom. The molecule has 3 amide bonds. The van der Waals surface area contributed by atoms with Crippen LogP contribution in [0.4, 0.5) is 10.5 Å². The Balaban J connectivity index is 1.68. The van der Waals surface area contributed by atoms with Crippen LogP contribution in [0.1, 0.15) is 52.5 Å². The highest BCUT2D eigenvalue weighted by atomic mass is 16.6. The zero-order chi connectivity index (χ0) is 24.2. The van der Waals surface area contributed by atoms with Crippen molar-refractivity contribution in [2.45, 2.75) is 71.1 Å². The molecule has 1 N–H and O–H groups in total. The standard InChI is InChI=1S/C24H33N3O6/c1-5-32-22(30)19-14-16-10-6-7-11-17(16)27(19)20(28)15-25-21(29)18-12-8-9-13-26(18)23(31)33-24(2,3)4/h6-7,10-11,18-19H,5,8-9,12-15H2,1-4H3,(H,25,29)/t18-,19-/m0/s1. The molecular formula is C24H33N3O6. The Bertz CT molecular complexity index is 910. The van der Waals surface area contributed by atoms with Gasteiger partial charge in [-0.25, -0.2) is 9.59 Å². The quantitative estimate of drug-likeness (QED) is 0.678. The van der Waals surface area contributed by atoms with E-state index in [2.05, 4.69) is 5.32 Å². The molecular weight excluding hydrogens is 426 g/mol. The highest BCUT2D eigenvalue weighted by Gasteiger charge is 2.40. The smallest absolute Gasteiger partial charge is 0.410 e. The molecule has 1 fully saturated rings. The summed E-state index contributed by atoms with van der Waals surface area (Å²) in [6.07, 6.45) is 1.91. The average Bonchev–Trinajstić information content (AvgIpc) is 3.16. The molecule has 9 heteroatoms. The van der Waals surface area contributed by atoms with Crippen LogP contribution < -0.4 is 10.2 Å². The van der Waals surface area contributed by atoms with Crippen LogP contribution in [0.2, 0.25) is 0 Å². The molecule has 0 bridgehead atoms. The minimum atomic E-state index is -0.764. The van der Waals surface area contributed by atoms with Crippen molar-refractivity contribution < 1.29 is 28.7 Å². The Morgan fingerprint density at radius 3 is 2.52 bits per heavy atom. The summed E-state index contributed by atoms with van der Waals surface area (Å²) in [5.41, 5.74) is 0.845. The van der Waals surface area contributed by atoms with Gasteiger partial charge in [-0.05, 0) is 58.6 Å². The van der Waals surface area contributed by atoms with Crippen molar-refractivity contribution in [3.8, 4) is 0 Å². The van der Waals surface area contributed by atoms with E-state index < -0.39 is 41.6 Å². The number of piperidine rings is 1. The van der Waals surface area contributed by atoms with E-state index in [-0.39, 0.29) is 13.2 Å². The van der Waals surface area contributed by atoms with Crippen LogP contribution in [-0.4, -0.2) is 66.2 Å². The minimum Gasteiger partial charge on any atom is -0.464 e. The number of nitrogens with zero attached hydrogens (tertiary/aromatic N) is 2. The topological polar surface area (TPSA) is 105 Å². The predicted octanol–water partition coefficient (Wildman–Crippen LogP) is 2.41. The van der Waals surface area contributed by atoms with Crippen molar-refractivity contribution in [3.63, 3.8) is 0 Å². The van der Waals surface area contributed by atoms with E-state index in [1.54, 1.807) is 39.8 Å². The lowest BCUT2D eigenvalue weighted by molar-refractivity contribution is -0.145. The van der Waals surface area contributed by atoms with Crippen LogP contribution in [0.3, 0.4) is 0 Å². The predicted molar refractivity (Wildman–Crippen MR) is 122 cm³/mol. The molecule has 1 saturated heterocycles. The fourth-order valence-corrected chi connectivity index (χ4v) is 4.23. The van der Waals surface area contributed by atoms with Crippen molar-refractivity contribution in [1.29, 1.82) is 0 Å². The second kappa shape index (κ2) is 10.2. The lowest BCUT2D eigenvalue weighted by Gasteiger charge is -2.35. The fourth-order valence-electron chi connectivity index (χ4n) is 4.23. The van der Waals surface area contributed by atoms with Gasteiger partial charge in [-0.3, -0.25) is 19.4 Å². The third-order valence-corrected chi connectivity index (χ3v) is 5.65. The van der Waals surface area contributed by atoms with Gasteiger partial charge in [-0.15, -0.1) is 0 Å². The van der Waals surface area contributed by atoms with Crippen LogP contribution in [0.25, 0.3) is 0 Å². The van der Waals surface area contributed by atoms with Crippen molar-refractivity contribution in [1.82, 2.24) is 10.2 Å². The number of esters is 1. The summed E-state index contributed by atoms with van der Waals surface area (Å²) in [6.45, 7) is 7.38. The SMILES string of the molecule is CCOC(=O)[C@@H]1Cc2ccccc2N1C(=O)CNC(=O)[C@@H]1CCCCN1C(=O)OC(C)(C)C. The largest absolute Gasteiger partial charge is 0.464 e. The first-order valence-electron chi connectivity index (χ1n) is 11.5. The number of hydrogen-bond acceptors (Lipinski definition) is 6. The molecule has 3 rings (SSSR count). The maximum atomic E-state index is 13.1. The second-order valence-electron chi connectivity index (χ2n) is 9.27. The van der Waals surface area contributed by atoms with E-state index >= 15 is 0 Å². The first-order valence-corrected chi connectivity index (χ1v) is 11.5. The lowest BCUT2D eigenvalue weighted by atomic mass is 10.0. The number of carbonyl (C=O) groups excluding carboxylic acids is 4. The molecule has 1 aromatic carbocycles. The van der Waals surface area contributed by atoms with Gasteiger partial charge in [0.25, 0.3) is 0 Å². The summed E-state index contributed by atoms with van der Waals surface area (Å²) in [7, 11) is 0. The Morgan fingerprint density at radius 2 is 1.82 bits per heavy atom. The molecule has 0 spiro atoms. The number of ether oxygens (including phenoxy) is 2. The summed E-state index contributed by atoms with van der Waals surface area (Å²) >= 11 is 0. The molecule has 1 aromatic rings. The molecule has 0 aliphatic carbocycles. The monoisotopic (exact) mass is 459 g/mol. The number of benzene rings is 1. The maximum absolute atomic E-state index is 13.1. The average molecular weight is 460 g/mol. The summed E-state index contributed by atoms with van der Waals surface area (Å²) in [4.78, 5) is 54.0. The number of nitrogens with one attached hydrogen (secondary N) is 1. The van der Waals surface area contributed by atoms with E-state index in [1.807, 2.05) is 12.1 Å². The van der Waals surface area contributed by atoms with Gasteiger partial charge in [0.05, 0.1) is 13.2 Å². The molecule has 2 atom stereocenters. The number of amides is 3. The molecule has 9 nitrogen and oxygen atoms in total. The van der Waals surface area contributed by atoms with E-state index in [0.29, 0.717) is 25.1 Å². The number of likely N-dealkylation sites (tertiary alicyclic amines) is 1. The highest BCUT2D eigenvalue weighted by Crippen LogP contribution is 2.32. The molecule has 33 heavy (non-hydrogen) atoms. The zero-order valence-corrected chi connectivity index (χ0v) is 19.8. The van der Waals surface area contributed by atoms with Crippen molar-refractivity contribution >= 4 is 29.6 Å². The summed E-state index contributed by atoms with van der Waals surface area (Å²) < 4.78 is 10.6. The molecule has 0 aromatic heterocycles. The van der Waals surface area contributed by atoms with Gasteiger partial charge >= 0.3 is 12.1 Å². The number of fused-ring (bicyclic) bond motifs is 1. The lowest BCUT2D eigenvalue weighted by Crippen LogP contribution is -2.55. The number of para-hydroxylation sites is 1. The third kappa shape index (κ3) is 5.83. The molecule has 0 saturated carbocycles. The maximum Gasteiger partial charge on any atom is 0.410 e. The Labute approximate surface area is 194 Å². The van der Waals surface area contributed by atoms with Gasteiger partial charge in [0.15, 0.2) is 0 Å². The van der Waals surface area contributed by atoms with Crippen LogP contribution in [-0.2, 0) is 30.3 Å². The van der Waals surface area contributed by atoms with Crippen LogP contribution in [0.5, 0.6) is 0 Å². The molecule has 180 valence electrons. The van der Waals surface area contributed by atoms with Gasteiger partial charge in [0.2, 0.25) is 11.8 Å². The van der Waals surface area contributed by atoms with Crippen LogP contribution in [0.15, 0.2) is 24.3 Å². The first kappa shape index (κ1) is 24.5. The number of carbonyl (C=O) groups is 4. The van der Waals surface area contributed by atoms with Crippen molar-refractivity contribution in [2.24, 2.45) is 0 Å². The molecule has 0 radical (unpaired) electrons. The molecule has 2 heterocycles. The summed E-state index contributed by atoms with van der Waals surface area (Å²) in [5, 5.41) is 2.67. The van der Waals surface area contributed by atoms with E-state index in [1.165, 1.54) is 9.80 Å². The van der Waals surface area contributed by atoms with E-state index in [9.17, 15) is 19.2 Å².